The molecule has 3 rings (SSSR count). The van der Waals surface area contributed by atoms with Crippen LogP contribution in [0.5, 0.6) is 0 Å². The number of aryl methyl sites for hydroxylation is 3. The van der Waals surface area contributed by atoms with Crippen LogP contribution in [0.4, 0.5) is 0 Å². The number of aromatic amines is 1. The van der Waals surface area contributed by atoms with Crippen molar-refractivity contribution in [3.63, 3.8) is 0 Å². The fraction of sp³-hybridized carbons (Fsp3) is 0.522. The Kier molecular flexibility index (Phi) is 7.55. The summed E-state index contributed by atoms with van der Waals surface area (Å²) in [7, 11) is 0. The van der Waals surface area contributed by atoms with Gasteiger partial charge in [-0.25, -0.2) is 9.78 Å². The van der Waals surface area contributed by atoms with Crippen LogP contribution in [0.3, 0.4) is 0 Å². The van der Waals surface area contributed by atoms with Gasteiger partial charge in [-0.2, -0.15) is 4.98 Å². The van der Waals surface area contributed by atoms with Crippen molar-refractivity contribution in [1.82, 2.24) is 19.5 Å². The molecule has 0 aromatic heterocycles. The van der Waals surface area contributed by atoms with Gasteiger partial charge in [-0.1, -0.05) is 26.2 Å². The van der Waals surface area contributed by atoms with Gasteiger partial charge in [-0.3, -0.25) is 14.6 Å². The number of aromatic nitrogens is 4. The van der Waals surface area contributed by atoms with Gasteiger partial charge in [0.05, 0.1) is 17.6 Å². The van der Waals surface area contributed by atoms with Crippen LogP contribution >= 0.6 is 0 Å². The Hall–Kier alpha value is -3.03. The van der Waals surface area contributed by atoms with Crippen molar-refractivity contribution >= 4 is 17.0 Å². The Morgan fingerprint density at radius 2 is 1.77 bits per heavy atom. The molecule has 1 N–H and O–H groups in total. The van der Waals surface area contributed by atoms with Crippen molar-refractivity contribution in [3.8, 4) is 11.5 Å². The predicted octanol–water partition coefficient (Wildman–Crippen LogP) is 3.50. The molecule has 1 aromatic carbocycles. The summed E-state index contributed by atoms with van der Waals surface area (Å²) in [4.78, 5) is 46.5. The first kappa shape index (κ1) is 22.7. The molecule has 0 atom stereocenters. The minimum atomic E-state index is -0.669. The number of unbranched alkanes of at least 4 members (excludes halogenated alkanes) is 4. The molecule has 166 valence electrons. The number of H-pyrrole nitrogens is 1. The summed E-state index contributed by atoms with van der Waals surface area (Å²) in [6.07, 6.45) is 5.79. The zero-order valence-corrected chi connectivity index (χ0v) is 18.5. The maximum atomic E-state index is 12.3. The molecule has 0 bridgehead atoms. The number of carbonyl (C=O) groups is 1. The quantitative estimate of drug-likeness (QED) is 0.302. The van der Waals surface area contributed by atoms with Gasteiger partial charge in [0.25, 0.3) is 5.56 Å². The van der Waals surface area contributed by atoms with Crippen LogP contribution in [-0.4, -0.2) is 32.1 Å². The van der Waals surface area contributed by atoms with Crippen LogP contribution in [0, 0.1) is 13.8 Å². The lowest BCUT2D eigenvalue weighted by Crippen LogP contribution is -2.29. The number of hydrogen-bond acceptors (Lipinski definition) is 6. The Balaban J connectivity index is 1.72. The second-order valence-corrected chi connectivity index (χ2v) is 7.97. The highest BCUT2D eigenvalue weighted by Gasteiger charge is 2.19. The van der Waals surface area contributed by atoms with Gasteiger partial charge < -0.3 is 9.30 Å². The number of nitrogens with zero attached hydrogens (tertiary/aromatic N) is 3. The molecule has 2 heterocycles. The first-order valence-corrected chi connectivity index (χ1v) is 11.0. The first-order valence-electron chi connectivity index (χ1n) is 11.0. The minimum Gasteiger partial charge on any atom is -0.466 e. The summed E-state index contributed by atoms with van der Waals surface area (Å²) in [6, 6.07) is 3.98. The molecule has 0 unspecified atom stereocenters. The van der Waals surface area contributed by atoms with E-state index in [1.807, 2.05) is 30.5 Å². The highest BCUT2D eigenvalue weighted by molar-refractivity contribution is 5.81. The Morgan fingerprint density at radius 3 is 2.55 bits per heavy atom. The van der Waals surface area contributed by atoms with Crippen molar-refractivity contribution in [3.05, 3.63) is 44.1 Å². The summed E-state index contributed by atoms with van der Waals surface area (Å²) >= 11 is 0. The Morgan fingerprint density at radius 1 is 1.03 bits per heavy atom. The fourth-order valence-electron chi connectivity index (χ4n) is 3.57. The third-order valence-corrected chi connectivity index (χ3v) is 5.50. The average molecular weight is 427 g/mol. The maximum absolute atomic E-state index is 12.3. The van der Waals surface area contributed by atoms with Gasteiger partial charge in [0.15, 0.2) is 11.5 Å². The normalized spacial score (nSPS) is 11.3. The minimum absolute atomic E-state index is 0.133. The summed E-state index contributed by atoms with van der Waals surface area (Å²) in [6.45, 7) is 7.19. The van der Waals surface area contributed by atoms with Crippen LogP contribution in [0.1, 0.15) is 63.0 Å². The molecule has 0 aliphatic carbocycles. The molecule has 0 saturated heterocycles. The van der Waals surface area contributed by atoms with Gasteiger partial charge in [-0.15, -0.1) is 0 Å². The number of fused-ring (bicyclic) bond motifs is 2. The standard InChI is InChI=1S/C23H30N4O4/c1-4-5-12-31-19(28)10-8-6-7-9-11-27-18-14-16(3)15(2)13-17(18)24-20-21(27)25-23(30)26-22(20)29/h13-14H,4-12H2,1-3H3,(H,26,29,30). The number of nitrogens with one attached hydrogen (secondary N) is 1. The van der Waals surface area contributed by atoms with E-state index in [0.29, 0.717) is 30.9 Å². The Bertz CT molecular complexity index is 1150. The summed E-state index contributed by atoms with van der Waals surface area (Å²) in [5.74, 6) is 0.176. The van der Waals surface area contributed by atoms with E-state index in [1.54, 1.807) is 0 Å². The summed E-state index contributed by atoms with van der Waals surface area (Å²) < 4.78 is 7.09. The van der Waals surface area contributed by atoms with Gasteiger partial charge >= 0.3 is 11.7 Å². The van der Waals surface area contributed by atoms with Crippen LogP contribution in [0.2, 0.25) is 0 Å². The summed E-state index contributed by atoms with van der Waals surface area (Å²) in [5, 5.41) is 0. The van der Waals surface area contributed by atoms with Crippen LogP contribution in [0.25, 0.3) is 22.6 Å². The second kappa shape index (κ2) is 10.3. The van der Waals surface area contributed by atoms with Crippen LogP contribution in [-0.2, 0) is 16.1 Å². The molecule has 2 aliphatic heterocycles. The largest absolute Gasteiger partial charge is 0.466 e. The van der Waals surface area contributed by atoms with E-state index in [9.17, 15) is 14.4 Å². The van der Waals surface area contributed by atoms with Gasteiger partial charge in [0.1, 0.15) is 0 Å². The molecule has 0 saturated carbocycles. The number of hydrogen-bond donors (Lipinski definition) is 1. The number of ether oxygens (including phenoxy) is 1. The highest BCUT2D eigenvalue weighted by atomic mass is 16.5. The van der Waals surface area contributed by atoms with E-state index in [2.05, 4.69) is 21.9 Å². The lowest BCUT2D eigenvalue weighted by molar-refractivity contribution is -0.143. The molecule has 2 aliphatic rings. The van der Waals surface area contributed by atoms with Crippen molar-refractivity contribution < 1.29 is 9.53 Å². The summed E-state index contributed by atoms with van der Waals surface area (Å²) in [5.41, 5.74) is 2.73. The Labute approximate surface area is 181 Å². The number of esters is 1. The first-order chi connectivity index (χ1) is 14.9. The van der Waals surface area contributed by atoms with Crippen molar-refractivity contribution in [2.24, 2.45) is 0 Å². The molecule has 0 fully saturated rings. The van der Waals surface area contributed by atoms with Crippen molar-refractivity contribution in [1.29, 1.82) is 0 Å². The average Bonchev–Trinajstić information content (AvgIpc) is 2.72. The number of carbonyl (C=O) groups excluding carboxylic acids is 1. The maximum Gasteiger partial charge on any atom is 0.349 e. The second-order valence-electron chi connectivity index (χ2n) is 7.97. The van der Waals surface area contributed by atoms with Crippen LogP contribution in [0.15, 0.2) is 21.7 Å². The molecule has 8 heteroatoms. The molecule has 0 amide bonds. The smallest absolute Gasteiger partial charge is 0.349 e. The molecule has 31 heavy (non-hydrogen) atoms. The zero-order chi connectivity index (χ0) is 22.4. The van der Waals surface area contributed by atoms with E-state index in [0.717, 1.165) is 55.2 Å². The van der Waals surface area contributed by atoms with Gasteiger partial charge in [-0.05, 0) is 56.4 Å². The molecular formula is C23H30N4O4. The lowest BCUT2D eigenvalue weighted by Gasteiger charge is -2.17. The third-order valence-electron chi connectivity index (χ3n) is 5.50. The van der Waals surface area contributed by atoms with E-state index >= 15 is 0 Å². The van der Waals surface area contributed by atoms with E-state index in [4.69, 9.17) is 4.74 Å². The number of rotatable bonds is 10. The molecular weight excluding hydrogens is 396 g/mol. The zero-order valence-electron chi connectivity index (χ0n) is 18.5. The topological polar surface area (TPSA) is 107 Å². The molecule has 8 nitrogen and oxygen atoms in total. The molecule has 1 aromatic rings. The van der Waals surface area contributed by atoms with Gasteiger partial charge in [0, 0.05) is 13.0 Å². The molecule has 0 spiro atoms. The molecule has 0 radical (unpaired) electrons. The highest BCUT2D eigenvalue weighted by Crippen LogP contribution is 2.24. The van der Waals surface area contributed by atoms with E-state index < -0.39 is 11.2 Å². The van der Waals surface area contributed by atoms with Crippen LogP contribution < -0.4 is 11.2 Å². The van der Waals surface area contributed by atoms with Gasteiger partial charge in [0.2, 0.25) is 0 Å². The van der Waals surface area contributed by atoms with E-state index in [-0.39, 0.29) is 11.7 Å². The SMILES string of the molecule is CCCCOC(=O)CCCCCCn1c2nc(=O)[nH]c(=O)c-2nc2cc(C)c(C)cc21. The monoisotopic (exact) mass is 426 g/mol. The third kappa shape index (κ3) is 5.57. The number of benzene rings is 1. The van der Waals surface area contributed by atoms with Crippen molar-refractivity contribution in [2.45, 2.75) is 72.3 Å². The predicted molar refractivity (Wildman–Crippen MR) is 119 cm³/mol. The van der Waals surface area contributed by atoms with Crippen molar-refractivity contribution in [2.75, 3.05) is 6.61 Å². The fourth-order valence-corrected chi connectivity index (χ4v) is 3.57. The lowest BCUT2D eigenvalue weighted by atomic mass is 10.1. The van der Waals surface area contributed by atoms with E-state index in [1.165, 1.54) is 0 Å².